The van der Waals surface area contributed by atoms with E-state index in [0.717, 1.165) is 34.3 Å². The second-order valence-corrected chi connectivity index (χ2v) is 9.53. The van der Waals surface area contributed by atoms with E-state index >= 15 is 0 Å². The lowest BCUT2D eigenvalue weighted by Gasteiger charge is -2.22. The van der Waals surface area contributed by atoms with E-state index < -0.39 is 40.5 Å². The maximum atomic E-state index is 13.3. The highest BCUT2D eigenvalue weighted by Crippen LogP contribution is 2.41. The summed E-state index contributed by atoms with van der Waals surface area (Å²) in [5.74, 6) is -1.31. The minimum absolute atomic E-state index is 0.207. The van der Waals surface area contributed by atoms with Crippen LogP contribution in [0.5, 0.6) is 5.75 Å². The highest BCUT2D eigenvalue weighted by molar-refractivity contribution is 6.26. The van der Waals surface area contributed by atoms with Crippen molar-refractivity contribution >= 4 is 40.1 Å². The zero-order valence-corrected chi connectivity index (χ0v) is 19.6. The maximum Gasteiger partial charge on any atom is 0.416 e. The highest BCUT2D eigenvalue weighted by atomic mass is 35.5. The van der Waals surface area contributed by atoms with Gasteiger partial charge in [-0.1, -0.05) is 12.1 Å². The smallest absolute Gasteiger partial charge is 0.416 e. The van der Waals surface area contributed by atoms with Gasteiger partial charge in [-0.2, -0.15) is 13.2 Å². The standard InChI is InChI=1S/C24H22Cl2F3NO3/c1-11-7-13(24(27,28)29)8-18-15(11)10-19(30(18)3)14-5-4-6-20(12(14)2)33-22-17(25)9-16(21(22)26)23(31)32/h4-8,10,16-17,21-22H,9H2,1-3H3,(H,31,32). The number of carboxylic acid groups (broad SMARTS) is 1. The number of carboxylic acids is 1. The Bertz CT molecular complexity index is 1240. The third-order valence-corrected chi connectivity index (χ3v) is 7.35. The summed E-state index contributed by atoms with van der Waals surface area (Å²) in [6.07, 6.45) is -4.91. The lowest BCUT2D eigenvalue weighted by atomic mass is 10.0. The SMILES string of the molecule is Cc1c(OC2C(Cl)CC(C(=O)O)C2Cl)cccc1-c1cc2c(C)cc(C(F)(F)F)cc2n1C. The van der Waals surface area contributed by atoms with Crippen molar-refractivity contribution in [1.82, 2.24) is 4.57 Å². The fraction of sp³-hybridized carbons (Fsp3) is 0.375. The Hall–Kier alpha value is -2.38. The molecular weight excluding hydrogens is 478 g/mol. The summed E-state index contributed by atoms with van der Waals surface area (Å²) in [7, 11) is 1.72. The van der Waals surface area contributed by atoms with Crippen molar-refractivity contribution in [3.05, 3.63) is 53.1 Å². The van der Waals surface area contributed by atoms with Gasteiger partial charge in [0, 0.05) is 34.8 Å². The summed E-state index contributed by atoms with van der Waals surface area (Å²) in [6.45, 7) is 3.50. The molecule has 0 spiro atoms. The number of alkyl halides is 5. The zero-order chi connectivity index (χ0) is 24.2. The van der Waals surface area contributed by atoms with Gasteiger partial charge >= 0.3 is 12.1 Å². The number of nitrogens with zero attached hydrogens (tertiary/aromatic N) is 1. The number of halogens is 5. The van der Waals surface area contributed by atoms with Crippen LogP contribution in [-0.2, 0) is 18.0 Å². The van der Waals surface area contributed by atoms with Crippen LogP contribution in [-0.4, -0.2) is 32.5 Å². The average Bonchev–Trinajstić information content (AvgIpc) is 3.21. The van der Waals surface area contributed by atoms with Gasteiger partial charge in [-0.05, 0) is 50.1 Å². The molecule has 4 rings (SSSR count). The van der Waals surface area contributed by atoms with E-state index in [2.05, 4.69) is 0 Å². The van der Waals surface area contributed by atoms with Crippen LogP contribution in [0.3, 0.4) is 0 Å². The first kappa shape index (κ1) is 23.8. The first-order valence-electron chi connectivity index (χ1n) is 10.3. The number of fused-ring (bicyclic) bond motifs is 1. The third-order valence-electron chi connectivity index (χ3n) is 6.37. The molecule has 176 valence electrons. The number of aryl methyl sites for hydroxylation is 2. The first-order valence-corrected chi connectivity index (χ1v) is 11.2. The van der Waals surface area contributed by atoms with Crippen LogP contribution in [0, 0.1) is 19.8 Å². The van der Waals surface area contributed by atoms with Gasteiger partial charge in [-0.25, -0.2) is 0 Å². The van der Waals surface area contributed by atoms with Crippen molar-refractivity contribution in [2.75, 3.05) is 0 Å². The molecule has 33 heavy (non-hydrogen) atoms. The fourth-order valence-corrected chi connectivity index (χ4v) is 5.42. The summed E-state index contributed by atoms with van der Waals surface area (Å²) in [5.41, 5.74) is 2.59. The molecule has 0 saturated heterocycles. The molecule has 1 saturated carbocycles. The Morgan fingerprint density at radius 3 is 2.48 bits per heavy atom. The second kappa shape index (κ2) is 8.44. The Morgan fingerprint density at radius 1 is 1.18 bits per heavy atom. The fourth-order valence-electron chi connectivity index (χ4n) is 4.51. The van der Waals surface area contributed by atoms with E-state index in [1.54, 1.807) is 30.7 Å². The number of benzene rings is 2. The summed E-state index contributed by atoms with van der Waals surface area (Å²) in [4.78, 5) is 11.4. The van der Waals surface area contributed by atoms with Crippen molar-refractivity contribution < 1.29 is 27.8 Å². The Kier molecular flexibility index (Phi) is 6.08. The van der Waals surface area contributed by atoms with Crippen LogP contribution in [0.1, 0.15) is 23.1 Å². The monoisotopic (exact) mass is 499 g/mol. The Morgan fingerprint density at radius 2 is 1.88 bits per heavy atom. The molecule has 0 bridgehead atoms. The molecule has 1 aliphatic rings. The van der Waals surface area contributed by atoms with Crippen molar-refractivity contribution in [3.8, 4) is 17.0 Å². The molecular formula is C24H22Cl2F3NO3. The molecule has 9 heteroatoms. The number of hydrogen-bond donors (Lipinski definition) is 1. The van der Waals surface area contributed by atoms with Gasteiger partial charge in [0.2, 0.25) is 0 Å². The predicted octanol–water partition coefficient (Wildman–Crippen LogP) is 6.55. The highest BCUT2D eigenvalue weighted by Gasteiger charge is 2.47. The van der Waals surface area contributed by atoms with Gasteiger partial charge in [0.15, 0.2) is 0 Å². The molecule has 0 radical (unpaired) electrons. The van der Waals surface area contributed by atoms with Gasteiger partial charge in [-0.15, -0.1) is 23.2 Å². The van der Waals surface area contributed by atoms with Crippen LogP contribution in [0.15, 0.2) is 36.4 Å². The van der Waals surface area contributed by atoms with Gasteiger partial charge in [0.05, 0.1) is 22.2 Å². The van der Waals surface area contributed by atoms with Crippen molar-refractivity contribution in [1.29, 1.82) is 0 Å². The lowest BCUT2D eigenvalue weighted by molar-refractivity contribution is -0.141. The molecule has 0 aliphatic heterocycles. The molecule has 1 aliphatic carbocycles. The zero-order valence-electron chi connectivity index (χ0n) is 18.1. The number of rotatable bonds is 4. The third kappa shape index (κ3) is 4.17. The van der Waals surface area contributed by atoms with Crippen LogP contribution in [0.4, 0.5) is 13.2 Å². The minimum Gasteiger partial charge on any atom is -0.487 e. The Labute approximate surface area is 198 Å². The molecule has 1 N–H and O–H groups in total. The topological polar surface area (TPSA) is 51.5 Å². The quantitative estimate of drug-likeness (QED) is 0.414. The largest absolute Gasteiger partial charge is 0.487 e. The molecule has 4 atom stereocenters. The number of hydrogen-bond acceptors (Lipinski definition) is 2. The number of aliphatic carboxylic acids is 1. The van der Waals surface area contributed by atoms with E-state index in [9.17, 15) is 23.1 Å². The van der Waals surface area contributed by atoms with E-state index in [1.165, 1.54) is 0 Å². The molecule has 1 heterocycles. The molecule has 3 aromatic rings. The van der Waals surface area contributed by atoms with E-state index in [1.807, 2.05) is 19.1 Å². The minimum atomic E-state index is -4.43. The molecule has 1 aromatic heterocycles. The van der Waals surface area contributed by atoms with Gasteiger partial charge in [0.25, 0.3) is 0 Å². The second-order valence-electron chi connectivity index (χ2n) is 8.46. The van der Waals surface area contributed by atoms with Crippen LogP contribution >= 0.6 is 23.2 Å². The Balaban J connectivity index is 1.74. The van der Waals surface area contributed by atoms with Crippen LogP contribution in [0.2, 0.25) is 0 Å². The summed E-state index contributed by atoms with van der Waals surface area (Å²) in [5, 5.41) is 8.74. The summed E-state index contributed by atoms with van der Waals surface area (Å²) >= 11 is 12.7. The summed E-state index contributed by atoms with van der Waals surface area (Å²) in [6, 6.07) is 9.55. The normalized spacial score (nSPS) is 23.3. The molecule has 4 nitrogen and oxygen atoms in total. The number of aromatic nitrogens is 1. The van der Waals surface area contributed by atoms with E-state index in [-0.39, 0.29) is 6.42 Å². The van der Waals surface area contributed by atoms with Crippen molar-refractivity contribution in [3.63, 3.8) is 0 Å². The maximum absolute atomic E-state index is 13.3. The van der Waals surface area contributed by atoms with Crippen LogP contribution < -0.4 is 4.74 Å². The average molecular weight is 500 g/mol. The summed E-state index contributed by atoms with van der Waals surface area (Å²) < 4.78 is 47.8. The molecule has 4 unspecified atom stereocenters. The number of ether oxygens (including phenoxy) is 1. The first-order chi connectivity index (χ1) is 15.4. The van der Waals surface area contributed by atoms with Crippen molar-refractivity contribution in [2.45, 2.75) is 43.3 Å². The van der Waals surface area contributed by atoms with Crippen molar-refractivity contribution in [2.24, 2.45) is 13.0 Å². The van der Waals surface area contributed by atoms with Gasteiger partial charge in [-0.3, -0.25) is 4.79 Å². The number of carbonyl (C=O) groups is 1. The van der Waals surface area contributed by atoms with Gasteiger partial charge in [0.1, 0.15) is 11.9 Å². The predicted molar refractivity (Wildman–Crippen MR) is 122 cm³/mol. The molecule has 2 aromatic carbocycles. The van der Waals surface area contributed by atoms with E-state index in [4.69, 9.17) is 27.9 Å². The van der Waals surface area contributed by atoms with E-state index in [0.29, 0.717) is 16.8 Å². The molecule has 0 amide bonds. The lowest BCUT2D eigenvalue weighted by Crippen LogP contribution is -2.32. The van der Waals surface area contributed by atoms with Gasteiger partial charge < -0.3 is 14.4 Å². The van der Waals surface area contributed by atoms with Crippen LogP contribution in [0.25, 0.3) is 22.2 Å². The molecule has 1 fully saturated rings.